The van der Waals surface area contributed by atoms with Crippen molar-refractivity contribution in [2.75, 3.05) is 23.3 Å². The lowest BCUT2D eigenvalue weighted by atomic mass is 10.1. The van der Waals surface area contributed by atoms with Gasteiger partial charge in [0.05, 0.1) is 17.7 Å². The Morgan fingerprint density at radius 1 is 0.848 bits per heavy atom. The number of benzene rings is 3. The number of aryl methyl sites for hydroxylation is 5. The van der Waals surface area contributed by atoms with Crippen molar-refractivity contribution in [2.45, 2.75) is 39.5 Å². The number of carbonyl (C=O) groups is 1. The molecule has 0 spiro atoms. The van der Waals surface area contributed by atoms with E-state index in [-0.39, 0.29) is 11.4 Å². The van der Waals surface area contributed by atoms with Crippen LogP contribution < -0.4 is 14.4 Å². The monoisotopic (exact) mass is 466 g/mol. The summed E-state index contributed by atoms with van der Waals surface area (Å²) in [4.78, 5) is 13.3. The Labute approximate surface area is 196 Å². The highest BCUT2D eigenvalue weighted by molar-refractivity contribution is 7.93. The fourth-order valence-corrected chi connectivity index (χ4v) is 5.59. The van der Waals surface area contributed by atoms with E-state index in [4.69, 9.17) is 4.74 Å². The molecule has 0 saturated heterocycles. The first-order chi connectivity index (χ1) is 15.5. The van der Waals surface area contributed by atoms with E-state index in [1.54, 1.807) is 50.4 Å². The second kappa shape index (κ2) is 9.67. The van der Waals surface area contributed by atoms with Gasteiger partial charge in [0.2, 0.25) is 5.91 Å². The van der Waals surface area contributed by atoms with Crippen LogP contribution in [0, 0.1) is 34.6 Å². The van der Waals surface area contributed by atoms with Gasteiger partial charge in [-0.15, -0.1) is 0 Å². The molecule has 33 heavy (non-hydrogen) atoms. The second-order valence-electron chi connectivity index (χ2n) is 8.30. The number of rotatable bonds is 7. The van der Waals surface area contributed by atoms with E-state index in [2.05, 4.69) is 5.32 Å². The number of amides is 1. The van der Waals surface area contributed by atoms with Gasteiger partial charge in [-0.2, -0.15) is 0 Å². The summed E-state index contributed by atoms with van der Waals surface area (Å²) in [6, 6.07) is 15.9. The minimum Gasteiger partial charge on any atom is -0.497 e. The average Bonchev–Trinajstić information content (AvgIpc) is 2.76. The van der Waals surface area contributed by atoms with Gasteiger partial charge in [-0.1, -0.05) is 29.8 Å². The molecule has 3 aromatic carbocycles. The van der Waals surface area contributed by atoms with Gasteiger partial charge < -0.3 is 10.1 Å². The molecule has 0 saturated carbocycles. The number of nitrogens with one attached hydrogen (secondary N) is 1. The molecule has 0 radical (unpaired) electrons. The van der Waals surface area contributed by atoms with Crippen molar-refractivity contribution in [3.63, 3.8) is 0 Å². The Kier molecular flexibility index (Phi) is 7.12. The lowest BCUT2D eigenvalue weighted by Gasteiger charge is -2.25. The fourth-order valence-electron chi connectivity index (χ4n) is 3.85. The average molecular weight is 467 g/mol. The third-order valence-corrected chi connectivity index (χ3v) is 7.42. The number of hydrogen-bond acceptors (Lipinski definition) is 4. The molecule has 0 aliphatic heterocycles. The second-order valence-corrected chi connectivity index (χ2v) is 10.1. The number of hydrogen-bond donors (Lipinski definition) is 1. The van der Waals surface area contributed by atoms with Gasteiger partial charge >= 0.3 is 0 Å². The van der Waals surface area contributed by atoms with Gasteiger partial charge in [0, 0.05) is 5.69 Å². The third kappa shape index (κ3) is 5.37. The molecule has 174 valence electrons. The van der Waals surface area contributed by atoms with Crippen LogP contribution in [0.2, 0.25) is 0 Å². The maximum Gasteiger partial charge on any atom is 0.265 e. The van der Waals surface area contributed by atoms with Crippen LogP contribution in [0.5, 0.6) is 5.75 Å². The molecular weight excluding hydrogens is 436 g/mol. The standard InChI is InChI=1S/C26H30N2O4S/c1-17-7-8-19(3)24(15-17)33(30,31)28(22-9-11-23(32-6)12-10-22)16-25(29)27-26-20(4)13-18(2)14-21(26)5/h7-15H,16H2,1-6H3,(H,27,29). The minimum atomic E-state index is -4.01. The van der Waals surface area contributed by atoms with E-state index in [0.717, 1.165) is 26.6 Å². The highest BCUT2D eigenvalue weighted by Gasteiger charge is 2.29. The van der Waals surface area contributed by atoms with Crippen molar-refractivity contribution < 1.29 is 17.9 Å². The van der Waals surface area contributed by atoms with E-state index in [1.165, 1.54) is 0 Å². The van der Waals surface area contributed by atoms with Crippen molar-refractivity contribution in [2.24, 2.45) is 0 Å². The molecule has 1 amide bonds. The molecular formula is C26H30N2O4S. The molecule has 3 aromatic rings. The van der Waals surface area contributed by atoms with E-state index < -0.39 is 15.9 Å². The number of methoxy groups -OCH3 is 1. The van der Waals surface area contributed by atoms with E-state index >= 15 is 0 Å². The van der Waals surface area contributed by atoms with E-state index in [0.29, 0.717) is 22.7 Å². The number of carbonyl (C=O) groups excluding carboxylic acids is 1. The normalized spacial score (nSPS) is 11.2. The van der Waals surface area contributed by atoms with Crippen molar-refractivity contribution in [3.8, 4) is 5.75 Å². The van der Waals surface area contributed by atoms with Gasteiger partial charge in [-0.25, -0.2) is 8.42 Å². The van der Waals surface area contributed by atoms with Gasteiger partial charge in [0.25, 0.3) is 10.0 Å². The lowest BCUT2D eigenvalue weighted by molar-refractivity contribution is -0.114. The Balaban J connectivity index is 2.02. The summed E-state index contributed by atoms with van der Waals surface area (Å²) in [5.74, 6) is 0.174. The first-order valence-corrected chi connectivity index (χ1v) is 12.1. The van der Waals surface area contributed by atoms with Crippen LogP contribution in [0.3, 0.4) is 0 Å². The number of anilines is 2. The van der Waals surface area contributed by atoms with Crippen LogP contribution in [0.15, 0.2) is 59.5 Å². The molecule has 0 bridgehead atoms. The molecule has 0 aliphatic rings. The number of ether oxygens (including phenoxy) is 1. The topological polar surface area (TPSA) is 75.7 Å². The van der Waals surface area contributed by atoms with Gasteiger partial charge in [-0.3, -0.25) is 9.10 Å². The van der Waals surface area contributed by atoms with Gasteiger partial charge in [0.15, 0.2) is 0 Å². The van der Waals surface area contributed by atoms with Crippen LogP contribution in [0.25, 0.3) is 0 Å². The van der Waals surface area contributed by atoms with Crippen molar-refractivity contribution in [1.29, 1.82) is 0 Å². The van der Waals surface area contributed by atoms with Crippen LogP contribution in [0.1, 0.15) is 27.8 Å². The molecule has 0 unspecified atom stereocenters. The zero-order chi connectivity index (χ0) is 24.3. The summed E-state index contributed by atoms with van der Waals surface area (Å²) in [7, 11) is -2.47. The Hall–Kier alpha value is -3.32. The van der Waals surface area contributed by atoms with E-state index in [9.17, 15) is 13.2 Å². The molecule has 3 rings (SSSR count). The molecule has 0 aromatic heterocycles. The molecule has 0 aliphatic carbocycles. The Bertz CT molecular complexity index is 1260. The first-order valence-electron chi connectivity index (χ1n) is 10.6. The SMILES string of the molecule is COc1ccc(N(CC(=O)Nc2c(C)cc(C)cc2C)S(=O)(=O)c2cc(C)ccc2C)cc1. The lowest BCUT2D eigenvalue weighted by Crippen LogP contribution is -2.38. The predicted octanol–water partition coefficient (Wildman–Crippen LogP) is 5.07. The van der Waals surface area contributed by atoms with Crippen molar-refractivity contribution in [3.05, 3.63) is 82.4 Å². The Morgan fingerprint density at radius 3 is 2.03 bits per heavy atom. The smallest absolute Gasteiger partial charge is 0.265 e. The van der Waals surface area contributed by atoms with Crippen LogP contribution in [0.4, 0.5) is 11.4 Å². The summed E-state index contributed by atoms with van der Waals surface area (Å²) >= 11 is 0. The summed E-state index contributed by atoms with van der Waals surface area (Å²) in [6.07, 6.45) is 0. The predicted molar refractivity (Wildman–Crippen MR) is 133 cm³/mol. The molecule has 0 fully saturated rings. The zero-order valence-electron chi connectivity index (χ0n) is 19.9. The van der Waals surface area contributed by atoms with Crippen LogP contribution in [-0.4, -0.2) is 28.0 Å². The molecule has 0 atom stereocenters. The Morgan fingerprint density at radius 2 is 1.45 bits per heavy atom. The summed E-state index contributed by atoms with van der Waals surface area (Å²) in [5, 5.41) is 2.91. The highest BCUT2D eigenvalue weighted by Crippen LogP contribution is 2.29. The molecule has 1 N–H and O–H groups in total. The molecule has 6 nitrogen and oxygen atoms in total. The molecule has 7 heteroatoms. The summed E-state index contributed by atoms with van der Waals surface area (Å²) < 4.78 is 33.8. The van der Waals surface area contributed by atoms with Crippen molar-refractivity contribution >= 4 is 27.3 Å². The first kappa shape index (κ1) is 24.3. The van der Waals surface area contributed by atoms with Crippen LogP contribution >= 0.6 is 0 Å². The van der Waals surface area contributed by atoms with E-state index in [1.807, 2.05) is 45.9 Å². The van der Waals surface area contributed by atoms with Crippen LogP contribution in [-0.2, 0) is 14.8 Å². The van der Waals surface area contributed by atoms with Crippen molar-refractivity contribution in [1.82, 2.24) is 0 Å². The highest BCUT2D eigenvalue weighted by atomic mass is 32.2. The van der Waals surface area contributed by atoms with Gasteiger partial charge in [0.1, 0.15) is 12.3 Å². The van der Waals surface area contributed by atoms with Gasteiger partial charge in [-0.05, 0) is 87.2 Å². The molecule has 0 heterocycles. The maximum atomic E-state index is 13.7. The maximum absolute atomic E-state index is 13.7. The largest absolute Gasteiger partial charge is 0.497 e. The quantitative estimate of drug-likeness (QED) is 0.527. The number of nitrogens with zero attached hydrogens (tertiary/aromatic N) is 1. The summed E-state index contributed by atoms with van der Waals surface area (Å²) in [5.41, 5.74) is 5.46. The number of sulfonamides is 1. The fraction of sp³-hybridized carbons (Fsp3) is 0.269. The summed E-state index contributed by atoms with van der Waals surface area (Å²) in [6.45, 7) is 9.05. The third-order valence-electron chi connectivity index (χ3n) is 5.50. The zero-order valence-corrected chi connectivity index (χ0v) is 20.7. The minimum absolute atomic E-state index is 0.175.